The predicted molar refractivity (Wildman–Crippen MR) is 136 cm³/mol. The van der Waals surface area contributed by atoms with Crippen molar-refractivity contribution in [2.75, 3.05) is 0 Å². The van der Waals surface area contributed by atoms with Crippen LogP contribution in [0.4, 0.5) is 35.1 Å². The molecule has 4 rings (SSSR count). The molecule has 0 saturated carbocycles. The van der Waals surface area contributed by atoms with Crippen LogP contribution in [0.25, 0.3) is 28.1 Å². The van der Waals surface area contributed by atoms with Gasteiger partial charge in [0.1, 0.15) is 35.6 Å². The van der Waals surface area contributed by atoms with Gasteiger partial charge in [-0.2, -0.15) is 0 Å². The first-order valence-corrected chi connectivity index (χ1v) is 12.3. The highest BCUT2D eigenvalue weighted by atomic mass is 19.2. The van der Waals surface area contributed by atoms with Crippen LogP contribution in [0.1, 0.15) is 37.3 Å². The Labute approximate surface area is 225 Å². The summed E-state index contributed by atoms with van der Waals surface area (Å²) in [5, 5.41) is 0. The van der Waals surface area contributed by atoms with E-state index in [2.05, 4.69) is 0 Å². The average molecular weight is 563 g/mol. The molecule has 0 aliphatic rings. The van der Waals surface area contributed by atoms with E-state index in [1.807, 2.05) is 6.92 Å². The lowest BCUT2D eigenvalue weighted by Crippen LogP contribution is -2.00. The van der Waals surface area contributed by atoms with Gasteiger partial charge in [0.15, 0.2) is 23.3 Å². The molecule has 1 nitrogen and oxygen atoms in total. The number of rotatable bonds is 9. The molecule has 0 saturated heterocycles. The molecular weight excluding hydrogens is 540 g/mol. The summed E-state index contributed by atoms with van der Waals surface area (Å²) in [4.78, 5) is 0. The summed E-state index contributed by atoms with van der Waals surface area (Å²) in [7, 11) is 0. The summed E-state index contributed by atoms with van der Waals surface area (Å²) < 4.78 is 118. The second kappa shape index (κ2) is 12.4. The highest BCUT2D eigenvalue weighted by Gasteiger charge is 2.18. The second-order valence-electron chi connectivity index (χ2n) is 9.02. The molecule has 0 fully saturated rings. The number of allylic oxidation sites excluding steroid dienone is 1. The number of halogens is 8. The Hall–Kier alpha value is -4.14. The zero-order chi connectivity index (χ0) is 29.0. The van der Waals surface area contributed by atoms with Crippen LogP contribution >= 0.6 is 0 Å². The van der Waals surface area contributed by atoms with Gasteiger partial charge in [-0.15, -0.1) is 0 Å². The minimum Gasteiger partial charge on any atom is -0.489 e. The van der Waals surface area contributed by atoms with E-state index >= 15 is 8.78 Å². The number of hydrogen-bond acceptors (Lipinski definition) is 1. The molecule has 0 aliphatic heterocycles. The molecule has 4 aromatic carbocycles. The molecule has 0 N–H and O–H groups in total. The van der Waals surface area contributed by atoms with Crippen LogP contribution in [-0.4, -0.2) is 0 Å². The minimum absolute atomic E-state index is 0.0359. The lowest BCUT2D eigenvalue weighted by atomic mass is 9.97. The lowest BCUT2D eigenvalue weighted by molar-refractivity contribution is 0.303. The van der Waals surface area contributed by atoms with Gasteiger partial charge >= 0.3 is 0 Å². The average Bonchev–Trinajstić information content (AvgIpc) is 2.93. The van der Waals surface area contributed by atoms with E-state index in [-0.39, 0.29) is 46.6 Å². The predicted octanol–water partition coefficient (Wildman–Crippen LogP) is 10.2. The fraction of sp³-hybridized carbons (Fsp3) is 0.161. The summed E-state index contributed by atoms with van der Waals surface area (Å²) in [6.07, 6.45) is 0.963. The number of unbranched alkanes of at least 4 members (excludes halogenated alkanes) is 1. The summed E-state index contributed by atoms with van der Waals surface area (Å²) >= 11 is 0. The third kappa shape index (κ3) is 6.35. The van der Waals surface area contributed by atoms with Crippen molar-refractivity contribution in [3.63, 3.8) is 0 Å². The molecule has 40 heavy (non-hydrogen) atoms. The van der Waals surface area contributed by atoms with Gasteiger partial charge in [0.25, 0.3) is 0 Å². The Kier molecular flexibility index (Phi) is 8.92. The maximum Gasteiger partial charge on any atom is 0.194 e. The van der Waals surface area contributed by atoms with Crippen LogP contribution in [0.5, 0.6) is 5.75 Å². The van der Waals surface area contributed by atoms with Crippen molar-refractivity contribution < 1.29 is 39.9 Å². The normalized spacial score (nSPS) is 11.9. The topological polar surface area (TPSA) is 9.23 Å². The van der Waals surface area contributed by atoms with Gasteiger partial charge in [0.05, 0.1) is 5.56 Å². The van der Waals surface area contributed by atoms with Crippen LogP contribution in [0.15, 0.2) is 72.6 Å². The molecule has 0 unspecified atom stereocenters. The molecule has 0 atom stereocenters. The van der Waals surface area contributed by atoms with Gasteiger partial charge in [0, 0.05) is 17.5 Å². The Morgan fingerprint density at radius 3 is 1.88 bits per heavy atom. The van der Waals surface area contributed by atoms with Gasteiger partial charge in [-0.1, -0.05) is 37.6 Å². The van der Waals surface area contributed by atoms with Crippen molar-refractivity contribution in [1.82, 2.24) is 0 Å². The van der Waals surface area contributed by atoms with Gasteiger partial charge in [-0.3, -0.25) is 0 Å². The fourth-order valence-corrected chi connectivity index (χ4v) is 4.06. The largest absolute Gasteiger partial charge is 0.489 e. The zero-order valence-electron chi connectivity index (χ0n) is 21.1. The third-order valence-corrected chi connectivity index (χ3v) is 6.16. The van der Waals surface area contributed by atoms with Crippen LogP contribution in [0, 0.1) is 34.9 Å². The van der Waals surface area contributed by atoms with Crippen molar-refractivity contribution >= 4 is 5.83 Å². The Morgan fingerprint density at radius 1 is 0.675 bits per heavy atom. The molecule has 0 heterocycles. The van der Waals surface area contributed by atoms with Crippen molar-refractivity contribution in [3.8, 4) is 28.0 Å². The van der Waals surface area contributed by atoms with Crippen molar-refractivity contribution in [1.29, 1.82) is 0 Å². The molecule has 4 aromatic rings. The number of benzene rings is 4. The molecule has 0 aliphatic carbocycles. The van der Waals surface area contributed by atoms with E-state index in [9.17, 15) is 26.3 Å². The summed E-state index contributed by atoms with van der Waals surface area (Å²) in [6.45, 7) is 1.53. The summed E-state index contributed by atoms with van der Waals surface area (Å²) in [5.41, 5.74) is -0.900. The fourth-order valence-electron chi connectivity index (χ4n) is 4.06. The van der Waals surface area contributed by atoms with Crippen molar-refractivity contribution in [2.45, 2.75) is 32.8 Å². The monoisotopic (exact) mass is 562 g/mol. The van der Waals surface area contributed by atoms with Gasteiger partial charge in [-0.05, 0) is 65.6 Å². The van der Waals surface area contributed by atoms with E-state index < -0.39 is 52.1 Å². The van der Waals surface area contributed by atoms with Crippen LogP contribution in [0.3, 0.4) is 0 Å². The maximum absolute atomic E-state index is 15.0. The molecule has 0 radical (unpaired) electrons. The molecular formula is C31H22F8O. The number of hydrogen-bond donors (Lipinski definition) is 0. The van der Waals surface area contributed by atoms with Crippen molar-refractivity contribution in [2.24, 2.45) is 0 Å². The highest BCUT2D eigenvalue weighted by molar-refractivity contribution is 5.74. The molecule has 0 aromatic heterocycles. The van der Waals surface area contributed by atoms with Gasteiger partial charge in [-0.25, -0.2) is 35.1 Å². The first kappa shape index (κ1) is 28.9. The van der Waals surface area contributed by atoms with Crippen LogP contribution in [0.2, 0.25) is 0 Å². The third-order valence-electron chi connectivity index (χ3n) is 6.16. The molecule has 0 amide bonds. The second-order valence-corrected chi connectivity index (χ2v) is 9.02. The van der Waals surface area contributed by atoms with Gasteiger partial charge in [0.2, 0.25) is 0 Å². The van der Waals surface area contributed by atoms with E-state index in [1.54, 1.807) is 0 Å². The van der Waals surface area contributed by atoms with Gasteiger partial charge < -0.3 is 4.74 Å². The maximum atomic E-state index is 15.0. The summed E-state index contributed by atoms with van der Waals surface area (Å²) in [6, 6.07) is 11.9. The van der Waals surface area contributed by atoms with E-state index in [1.165, 1.54) is 24.3 Å². The number of ether oxygens (including phenoxy) is 1. The van der Waals surface area contributed by atoms with Crippen molar-refractivity contribution in [3.05, 3.63) is 119 Å². The molecule has 208 valence electrons. The molecule has 0 bridgehead atoms. The van der Waals surface area contributed by atoms with E-state index in [4.69, 9.17) is 4.74 Å². The SMILES string of the molecule is CCCC/C(F)=C(\F)c1ccc(-c2cc(F)c(-c3ccc(OCc4cc(F)c(F)c(F)c4)cc3)c(F)c2)c(F)c1. The lowest BCUT2D eigenvalue weighted by Gasteiger charge is -2.12. The van der Waals surface area contributed by atoms with Crippen LogP contribution in [-0.2, 0) is 6.61 Å². The zero-order valence-corrected chi connectivity index (χ0v) is 21.1. The summed E-state index contributed by atoms with van der Waals surface area (Å²) in [5.74, 6) is -9.27. The van der Waals surface area contributed by atoms with Crippen LogP contribution < -0.4 is 4.74 Å². The standard InChI is InChI=1S/C31H22F8O/c1-2-3-4-23(32)30(38)19-7-10-22(24(33)13-19)20-14-25(34)29(26(35)15-20)18-5-8-21(9-6-18)40-16-17-11-27(36)31(39)28(37)12-17/h5-15H,2-4,16H2,1H3/b30-23+. The quantitative estimate of drug-likeness (QED) is 0.146. The minimum atomic E-state index is -1.60. The molecule has 0 spiro atoms. The Morgan fingerprint density at radius 2 is 1.30 bits per heavy atom. The van der Waals surface area contributed by atoms with E-state index in [0.29, 0.717) is 12.8 Å². The first-order chi connectivity index (χ1) is 19.1. The molecule has 9 heteroatoms. The van der Waals surface area contributed by atoms with E-state index in [0.717, 1.165) is 42.5 Å². The highest BCUT2D eigenvalue weighted by Crippen LogP contribution is 2.34. The Bertz CT molecular complexity index is 1510. The first-order valence-electron chi connectivity index (χ1n) is 12.3. The Balaban J connectivity index is 1.53. The smallest absolute Gasteiger partial charge is 0.194 e.